The van der Waals surface area contributed by atoms with E-state index in [0.29, 0.717) is 27.9 Å². The maximum absolute atomic E-state index is 12.2. The van der Waals surface area contributed by atoms with Gasteiger partial charge >= 0.3 is 0 Å². The highest BCUT2D eigenvalue weighted by atomic mass is 35.5. The number of nitrogens with one attached hydrogen (secondary N) is 1. The second-order valence-electron chi connectivity index (χ2n) is 5.49. The Balaban J connectivity index is 1.62. The summed E-state index contributed by atoms with van der Waals surface area (Å²) in [5.41, 5.74) is 1.20. The predicted octanol–water partition coefficient (Wildman–Crippen LogP) is 3.45. The molecule has 2 aromatic carbocycles. The zero-order valence-electron chi connectivity index (χ0n) is 13.6. The first-order valence-electron chi connectivity index (χ1n) is 7.77. The fourth-order valence-corrected chi connectivity index (χ4v) is 2.77. The van der Waals surface area contributed by atoms with Crippen LogP contribution in [0.2, 0.25) is 5.02 Å². The molecule has 1 aliphatic rings. The molecule has 7 heteroatoms. The molecule has 0 bridgehead atoms. The molecule has 1 aliphatic heterocycles. The number of ether oxygens (including phenoxy) is 2. The third-order valence-electron chi connectivity index (χ3n) is 3.74. The van der Waals surface area contributed by atoms with Crippen molar-refractivity contribution in [1.29, 1.82) is 0 Å². The second-order valence-corrected chi connectivity index (χ2v) is 5.90. The fourth-order valence-electron chi connectivity index (χ4n) is 2.53. The molecule has 25 heavy (non-hydrogen) atoms. The number of hydrogen-bond acceptors (Lipinski definition) is 4. The largest absolute Gasteiger partial charge is 0.454 e. The minimum Gasteiger partial charge on any atom is -0.454 e. The summed E-state index contributed by atoms with van der Waals surface area (Å²) >= 11 is 6.14. The molecule has 0 saturated carbocycles. The number of rotatable bonds is 5. The first-order valence-corrected chi connectivity index (χ1v) is 8.14. The van der Waals surface area contributed by atoms with Gasteiger partial charge in [-0.1, -0.05) is 23.7 Å². The van der Waals surface area contributed by atoms with E-state index in [9.17, 15) is 9.59 Å². The number of para-hydroxylation sites is 1. The molecule has 2 aromatic rings. The topological polar surface area (TPSA) is 67.9 Å². The third-order valence-corrected chi connectivity index (χ3v) is 4.06. The van der Waals surface area contributed by atoms with Gasteiger partial charge in [0, 0.05) is 31.6 Å². The van der Waals surface area contributed by atoms with Crippen LogP contribution in [0.5, 0.6) is 11.5 Å². The number of hydrogen-bond donors (Lipinski definition) is 1. The number of amides is 2. The van der Waals surface area contributed by atoms with Crippen LogP contribution in [0.15, 0.2) is 42.5 Å². The number of carbonyl (C=O) groups is 2. The van der Waals surface area contributed by atoms with E-state index in [0.717, 1.165) is 0 Å². The van der Waals surface area contributed by atoms with Crippen molar-refractivity contribution in [3.63, 3.8) is 0 Å². The minimum absolute atomic E-state index is 0.138. The van der Waals surface area contributed by atoms with E-state index in [4.69, 9.17) is 21.1 Å². The van der Waals surface area contributed by atoms with Gasteiger partial charge in [0.2, 0.25) is 18.6 Å². The summed E-state index contributed by atoms with van der Waals surface area (Å²) in [6.07, 6.45) is 0.138. The van der Waals surface area contributed by atoms with E-state index < -0.39 is 0 Å². The van der Waals surface area contributed by atoms with Crippen LogP contribution in [0.4, 0.5) is 11.4 Å². The molecule has 1 heterocycles. The predicted molar refractivity (Wildman–Crippen MR) is 95.3 cm³/mol. The van der Waals surface area contributed by atoms with Gasteiger partial charge in [-0.25, -0.2) is 0 Å². The van der Waals surface area contributed by atoms with Gasteiger partial charge in [0.1, 0.15) is 0 Å². The van der Waals surface area contributed by atoms with Gasteiger partial charge in [-0.15, -0.1) is 0 Å². The summed E-state index contributed by atoms with van der Waals surface area (Å²) in [7, 11) is 0. The van der Waals surface area contributed by atoms with Crippen molar-refractivity contribution in [3.05, 3.63) is 47.5 Å². The average Bonchev–Trinajstić information content (AvgIpc) is 3.04. The molecule has 2 amide bonds. The lowest BCUT2D eigenvalue weighted by Crippen LogP contribution is -2.32. The maximum atomic E-state index is 12.2. The molecule has 0 fully saturated rings. The Morgan fingerprint density at radius 1 is 1.16 bits per heavy atom. The van der Waals surface area contributed by atoms with Gasteiger partial charge in [0.15, 0.2) is 11.5 Å². The van der Waals surface area contributed by atoms with Crippen molar-refractivity contribution in [2.24, 2.45) is 0 Å². The van der Waals surface area contributed by atoms with Crippen molar-refractivity contribution in [1.82, 2.24) is 0 Å². The molecule has 6 nitrogen and oxygen atoms in total. The fraction of sp³-hybridized carbons (Fsp3) is 0.222. The van der Waals surface area contributed by atoms with Gasteiger partial charge in [-0.2, -0.15) is 0 Å². The Bertz CT molecular complexity index is 809. The first kappa shape index (κ1) is 17.1. The first-order chi connectivity index (χ1) is 12.0. The van der Waals surface area contributed by atoms with Crippen molar-refractivity contribution < 1.29 is 19.1 Å². The van der Waals surface area contributed by atoms with Crippen LogP contribution in [0.1, 0.15) is 13.3 Å². The van der Waals surface area contributed by atoms with Crippen molar-refractivity contribution in [3.8, 4) is 11.5 Å². The Labute approximate surface area is 150 Å². The van der Waals surface area contributed by atoms with Crippen LogP contribution >= 0.6 is 11.6 Å². The molecule has 0 unspecified atom stereocenters. The lowest BCUT2D eigenvalue weighted by Gasteiger charge is -2.22. The molecule has 0 atom stereocenters. The Morgan fingerprint density at radius 3 is 2.68 bits per heavy atom. The number of benzene rings is 2. The zero-order chi connectivity index (χ0) is 17.8. The molecular formula is C18H17ClN2O4. The summed E-state index contributed by atoms with van der Waals surface area (Å²) in [6, 6.07) is 12.2. The summed E-state index contributed by atoms with van der Waals surface area (Å²) < 4.78 is 10.5. The van der Waals surface area contributed by atoms with E-state index in [1.807, 2.05) is 0 Å². The van der Waals surface area contributed by atoms with E-state index in [-0.39, 0.29) is 31.6 Å². The minimum atomic E-state index is -0.211. The van der Waals surface area contributed by atoms with Crippen LogP contribution in [0, 0.1) is 0 Å². The number of nitrogens with zero attached hydrogens (tertiary/aromatic N) is 1. The number of carbonyl (C=O) groups excluding carboxylic acids is 2. The molecule has 0 spiro atoms. The van der Waals surface area contributed by atoms with Crippen LogP contribution in [-0.4, -0.2) is 25.2 Å². The lowest BCUT2D eigenvalue weighted by molar-refractivity contribution is -0.117. The van der Waals surface area contributed by atoms with Crippen molar-refractivity contribution in [2.45, 2.75) is 13.3 Å². The molecule has 0 saturated heterocycles. The highest BCUT2D eigenvalue weighted by Crippen LogP contribution is 2.34. The van der Waals surface area contributed by atoms with E-state index >= 15 is 0 Å². The third kappa shape index (κ3) is 4.03. The van der Waals surface area contributed by atoms with Crippen molar-refractivity contribution >= 4 is 34.8 Å². The highest BCUT2D eigenvalue weighted by molar-refractivity contribution is 6.33. The van der Waals surface area contributed by atoms with Gasteiger partial charge < -0.3 is 19.7 Å². The molecule has 0 aromatic heterocycles. The SMILES string of the molecule is CC(=O)N(CCC(=O)Nc1ccc2c(c1)OCO2)c1ccccc1Cl. The Hall–Kier alpha value is -2.73. The summed E-state index contributed by atoms with van der Waals surface area (Å²) in [5.74, 6) is 0.861. The molecule has 0 radical (unpaired) electrons. The lowest BCUT2D eigenvalue weighted by atomic mass is 10.2. The van der Waals surface area contributed by atoms with E-state index in [2.05, 4.69) is 5.32 Å². The normalized spacial score (nSPS) is 11.9. The Kier molecular flexibility index (Phi) is 5.09. The number of anilines is 2. The monoisotopic (exact) mass is 360 g/mol. The van der Waals surface area contributed by atoms with Gasteiger partial charge in [0.05, 0.1) is 10.7 Å². The summed E-state index contributed by atoms with van der Waals surface area (Å²) in [5, 5.41) is 3.25. The average molecular weight is 361 g/mol. The number of fused-ring (bicyclic) bond motifs is 1. The quantitative estimate of drug-likeness (QED) is 0.886. The van der Waals surface area contributed by atoms with Crippen LogP contribution in [0.25, 0.3) is 0 Å². The van der Waals surface area contributed by atoms with Gasteiger partial charge in [-0.05, 0) is 24.3 Å². The molecule has 130 valence electrons. The van der Waals surface area contributed by atoms with Crippen LogP contribution in [-0.2, 0) is 9.59 Å². The maximum Gasteiger partial charge on any atom is 0.231 e. The van der Waals surface area contributed by atoms with Gasteiger partial charge in [-0.3, -0.25) is 9.59 Å². The molecule has 0 aliphatic carbocycles. The standard InChI is InChI=1S/C18H17ClN2O4/c1-12(22)21(15-5-3-2-4-14(15)19)9-8-18(23)20-13-6-7-16-17(10-13)25-11-24-16/h2-7,10H,8-9,11H2,1H3,(H,20,23). The molecule has 3 rings (SSSR count). The molecular weight excluding hydrogens is 344 g/mol. The highest BCUT2D eigenvalue weighted by Gasteiger charge is 2.17. The smallest absolute Gasteiger partial charge is 0.231 e. The summed E-state index contributed by atoms with van der Waals surface area (Å²) in [6.45, 7) is 1.85. The Morgan fingerprint density at radius 2 is 1.92 bits per heavy atom. The van der Waals surface area contributed by atoms with E-state index in [1.54, 1.807) is 42.5 Å². The van der Waals surface area contributed by atoms with Gasteiger partial charge in [0.25, 0.3) is 0 Å². The van der Waals surface area contributed by atoms with E-state index in [1.165, 1.54) is 11.8 Å². The summed E-state index contributed by atoms with van der Waals surface area (Å²) in [4.78, 5) is 25.6. The van der Waals surface area contributed by atoms with Crippen molar-refractivity contribution in [2.75, 3.05) is 23.6 Å². The van der Waals surface area contributed by atoms with Crippen LogP contribution in [0.3, 0.4) is 0 Å². The molecule has 1 N–H and O–H groups in total. The van der Waals surface area contributed by atoms with Crippen LogP contribution < -0.4 is 19.7 Å². The number of halogens is 1. The second kappa shape index (κ2) is 7.44. The zero-order valence-corrected chi connectivity index (χ0v) is 14.4.